The van der Waals surface area contributed by atoms with Crippen LogP contribution in [-0.2, 0) is 14.3 Å². The topological polar surface area (TPSA) is 72.9 Å². The number of ketones is 1. The Bertz CT molecular complexity index is 873. The molecular weight excluding hydrogens is 358 g/mol. The summed E-state index contributed by atoms with van der Waals surface area (Å²) in [6.45, 7) is 3.72. The molecule has 1 amide bonds. The highest BCUT2D eigenvalue weighted by molar-refractivity contribution is 6.02. The van der Waals surface area contributed by atoms with Crippen molar-refractivity contribution in [3.63, 3.8) is 0 Å². The molecule has 3 rings (SSSR count). The van der Waals surface area contributed by atoms with Crippen LogP contribution in [0.2, 0.25) is 0 Å². The van der Waals surface area contributed by atoms with Gasteiger partial charge in [0.25, 0.3) is 0 Å². The van der Waals surface area contributed by atoms with Gasteiger partial charge in [-0.25, -0.2) is 0 Å². The normalized spacial score (nSPS) is 17.3. The van der Waals surface area contributed by atoms with Crippen molar-refractivity contribution in [3.05, 3.63) is 59.7 Å². The Kier molecular flexibility index (Phi) is 5.78. The SMILES string of the molecule is COc1ccc(N2C[C@@H](C(=O)O[C@@H](C)C(=O)c3ccc(C)cc3)CC2=O)cc1. The van der Waals surface area contributed by atoms with E-state index in [4.69, 9.17) is 9.47 Å². The van der Waals surface area contributed by atoms with E-state index in [1.165, 1.54) is 0 Å². The molecule has 6 heteroatoms. The smallest absolute Gasteiger partial charge is 0.312 e. The Morgan fingerprint density at radius 2 is 1.71 bits per heavy atom. The van der Waals surface area contributed by atoms with Crippen LogP contribution in [0, 0.1) is 12.8 Å². The molecule has 0 bridgehead atoms. The number of methoxy groups -OCH3 is 1. The van der Waals surface area contributed by atoms with Crippen molar-refractivity contribution in [1.29, 1.82) is 0 Å². The minimum atomic E-state index is -0.902. The molecule has 0 radical (unpaired) electrons. The predicted octanol–water partition coefficient (Wildman–Crippen LogP) is 3.17. The number of hydrogen-bond donors (Lipinski definition) is 0. The lowest BCUT2D eigenvalue weighted by atomic mass is 10.1. The van der Waals surface area contributed by atoms with Gasteiger partial charge in [-0.2, -0.15) is 0 Å². The van der Waals surface area contributed by atoms with Gasteiger partial charge in [0.05, 0.1) is 13.0 Å². The van der Waals surface area contributed by atoms with Gasteiger partial charge in [-0.1, -0.05) is 29.8 Å². The Labute approximate surface area is 164 Å². The van der Waals surface area contributed by atoms with E-state index in [9.17, 15) is 14.4 Å². The lowest BCUT2D eigenvalue weighted by Gasteiger charge is -2.18. The van der Waals surface area contributed by atoms with Crippen LogP contribution in [0.15, 0.2) is 48.5 Å². The summed E-state index contributed by atoms with van der Waals surface area (Å²) in [7, 11) is 1.57. The molecule has 0 aromatic heterocycles. The molecule has 0 saturated carbocycles. The fourth-order valence-corrected chi connectivity index (χ4v) is 3.15. The molecule has 28 heavy (non-hydrogen) atoms. The quantitative estimate of drug-likeness (QED) is 0.568. The van der Waals surface area contributed by atoms with Gasteiger partial charge in [0.2, 0.25) is 11.7 Å². The highest BCUT2D eigenvalue weighted by Gasteiger charge is 2.37. The first-order chi connectivity index (χ1) is 13.4. The maximum absolute atomic E-state index is 12.5. The minimum Gasteiger partial charge on any atom is -0.497 e. The number of rotatable bonds is 6. The van der Waals surface area contributed by atoms with Gasteiger partial charge >= 0.3 is 5.97 Å². The lowest BCUT2D eigenvalue weighted by molar-refractivity contribution is -0.151. The van der Waals surface area contributed by atoms with Crippen LogP contribution in [0.4, 0.5) is 5.69 Å². The van der Waals surface area contributed by atoms with Crippen LogP contribution in [0.1, 0.15) is 29.3 Å². The van der Waals surface area contributed by atoms with Gasteiger partial charge in [0.1, 0.15) is 5.75 Å². The molecular formula is C22H23NO5. The fraction of sp³-hybridized carbons (Fsp3) is 0.318. The summed E-state index contributed by atoms with van der Waals surface area (Å²) >= 11 is 0. The van der Waals surface area contributed by atoms with Crippen LogP contribution < -0.4 is 9.64 Å². The zero-order chi connectivity index (χ0) is 20.3. The Morgan fingerprint density at radius 1 is 1.07 bits per heavy atom. The van der Waals surface area contributed by atoms with Crippen molar-refractivity contribution in [3.8, 4) is 5.75 Å². The third kappa shape index (κ3) is 4.22. The summed E-state index contributed by atoms with van der Waals surface area (Å²) in [5, 5.41) is 0. The number of ether oxygens (including phenoxy) is 2. The standard InChI is InChI=1S/C22H23NO5/c1-14-4-6-16(7-5-14)21(25)15(2)28-22(26)17-12-20(24)23(13-17)18-8-10-19(27-3)11-9-18/h4-11,15,17H,12-13H2,1-3H3/t15-,17-/m0/s1. The molecule has 0 N–H and O–H groups in total. The number of carbonyl (C=O) groups is 3. The number of anilines is 1. The van der Waals surface area contributed by atoms with Gasteiger partial charge in [-0.05, 0) is 38.1 Å². The van der Waals surface area contributed by atoms with E-state index in [1.54, 1.807) is 55.3 Å². The van der Waals surface area contributed by atoms with E-state index in [0.29, 0.717) is 17.0 Å². The summed E-state index contributed by atoms with van der Waals surface area (Å²) in [4.78, 5) is 38.8. The first-order valence-corrected chi connectivity index (χ1v) is 9.15. The number of esters is 1. The van der Waals surface area contributed by atoms with Crippen molar-refractivity contribution in [2.75, 3.05) is 18.6 Å². The number of benzene rings is 2. The summed E-state index contributed by atoms with van der Waals surface area (Å²) in [6.07, 6.45) is -0.837. The van der Waals surface area contributed by atoms with E-state index < -0.39 is 18.0 Å². The van der Waals surface area contributed by atoms with Gasteiger partial charge in [0, 0.05) is 24.2 Å². The average molecular weight is 381 g/mol. The monoisotopic (exact) mass is 381 g/mol. The van der Waals surface area contributed by atoms with Crippen molar-refractivity contribution >= 4 is 23.3 Å². The molecule has 2 aromatic rings. The zero-order valence-electron chi connectivity index (χ0n) is 16.2. The third-order valence-corrected chi connectivity index (χ3v) is 4.84. The molecule has 1 fully saturated rings. The van der Waals surface area contributed by atoms with E-state index >= 15 is 0 Å². The second-order valence-electron chi connectivity index (χ2n) is 6.91. The van der Waals surface area contributed by atoms with Crippen LogP contribution in [0.3, 0.4) is 0 Å². The Hall–Kier alpha value is -3.15. The van der Waals surface area contributed by atoms with E-state index in [0.717, 1.165) is 5.56 Å². The van der Waals surface area contributed by atoms with E-state index in [-0.39, 0.29) is 24.7 Å². The van der Waals surface area contributed by atoms with Crippen molar-refractivity contribution in [2.24, 2.45) is 5.92 Å². The number of nitrogens with zero attached hydrogens (tertiary/aromatic N) is 1. The average Bonchev–Trinajstić information content (AvgIpc) is 3.10. The number of carbonyl (C=O) groups excluding carboxylic acids is 3. The molecule has 1 heterocycles. The second kappa shape index (κ2) is 8.25. The number of Topliss-reactive ketones (excluding diaryl/α,β-unsaturated/α-hetero) is 1. The maximum atomic E-state index is 12.5. The maximum Gasteiger partial charge on any atom is 0.312 e. The van der Waals surface area contributed by atoms with E-state index in [2.05, 4.69) is 0 Å². The molecule has 6 nitrogen and oxygen atoms in total. The van der Waals surface area contributed by atoms with E-state index in [1.807, 2.05) is 19.1 Å². The molecule has 0 unspecified atom stereocenters. The summed E-state index contributed by atoms with van der Waals surface area (Å²) < 4.78 is 10.5. The summed E-state index contributed by atoms with van der Waals surface area (Å²) in [6, 6.07) is 14.2. The fourth-order valence-electron chi connectivity index (χ4n) is 3.15. The Morgan fingerprint density at radius 3 is 2.32 bits per heavy atom. The van der Waals surface area contributed by atoms with Gasteiger partial charge in [-0.15, -0.1) is 0 Å². The number of amides is 1. The lowest BCUT2D eigenvalue weighted by Crippen LogP contribution is -2.30. The number of hydrogen-bond acceptors (Lipinski definition) is 5. The van der Waals surface area contributed by atoms with Crippen LogP contribution in [-0.4, -0.2) is 37.4 Å². The molecule has 1 aliphatic rings. The zero-order valence-corrected chi connectivity index (χ0v) is 16.2. The van der Waals surface area contributed by atoms with Crippen molar-refractivity contribution < 1.29 is 23.9 Å². The third-order valence-electron chi connectivity index (χ3n) is 4.84. The molecule has 2 atom stereocenters. The van der Waals surface area contributed by atoms with Crippen LogP contribution in [0.5, 0.6) is 5.75 Å². The Balaban J connectivity index is 1.62. The first kappa shape index (κ1) is 19.6. The van der Waals surface area contributed by atoms with Crippen LogP contribution in [0.25, 0.3) is 0 Å². The molecule has 146 valence electrons. The minimum absolute atomic E-state index is 0.0658. The largest absolute Gasteiger partial charge is 0.497 e. The van der Waals surface area contributed by atoms with Crippen molar-refractivity contribution in [1.82, 2.24) is 0 Å². The summed E-state index contributed by atoms with van der Waals surface area (Å²) in [5.41, 5.74) is 2.24. The van der Waals surface area contributed by atoms with Gasteiger partial charge < -0.3 is 14.4 Å². The summed E-state index contributed by atoms with van der Waals surface area (Å²) in [5.74, 6) is -0.843. The molecule has 1 aliphatic heterocycles. The highest BCUT2D eigenvalue weighted by atomic mass is 16.5. The molecule has 0 spiro atoms. The number of aryl methyl sites for hydroxylation is 1. The highest BCUT2D eigenvalue weighted by Crippen LogP contribution is 2.27. The van der Waals surface area contributed by atoms with Crippen molar-refractivity contribution in [2.45, 2.75) is 26.4 Å². The molecule has 1 saturated heterocycles. The molecule has 0 aliphatic carbocycles. The van der Waals surface area contributed by atoms with Gasteiger partial charge in [0.15, 0.2) is 6.10 Å². The van der Waals surface area contributed by atoms with Crippen LogP contribution >= 0.6 is 0 Å². The predicted molar refractivity (Wildman–Crippen MR) is 105 cm³/mol. The second-order valence-corrected chi connectivity index (χ2v) is 6.91. The first-order valence-electron chi connectivity index (χ1n) is 9.15. The molecule has 2 aromatic carbocycles. The van der Waals surface area contributed by atoms with Gasteiger partial charge in [-0.3, -0.25) is 14.4 Å².